The van der Waals surface area contributed by atoms with E-state index in [1.807, 2.05) is 31.2 Å². The van der Waals surface area contributed by atoms with Crippen LogP contribution in [0.4, 0.5) is 4.79 Å². The number of carbonyl (C=O) groups is 2. The molecule has 1 aromatic carbocycles. The third kappa shape index (κ3) is 2.76. The minimum absolute atomic E-state index is 0.0805. The van der Waals surface area contributed by atoms with Crippen molar-refractivity contribution in [1.82, 2.24) is 20.4 Å². The Bertz CT molecular complexity index is 788. The molecule has 1 aliphatic heterocycles. The average Bonchev–Trinajstić information content (AvgIpc) is 3.08. The number of methoxy groups -OCH3 is 1. The number of hydrogen-bond acceptors (Lipinski definition) is 6. The first-order chi connectivity index (χ1) is 11.4. The van der Waals surface area contributed by atoms with Crippen LogP contribution in [0.5, 0.6) is 0 Å². The lowest BCUT2D eigenvalue weighted by Crippen LogP contribution is -2.47. The van der Waals surface area contributed by atoms with Gasteiger partial charge in [0, 0.05) is 12.7 Å². The molecule has 3 rings (SSSR count). The predicted molar refractivity (Wildman–Crippen MR) is 83.8 cm³/mol. The van der Waals surface area contributed by atoms with Crippen molar-refractivity contribution in [3.63, 3.8) is 0 Å². The molecule has 0 bridgehead atoms. The van der Waals surface area contributed by atoms with Gasteiger partial charge in [-0.15, -0.1) is 0 Å². The van der Waals surface area contributed by atoms with E-state index in [2.05, 4.69) is 15.5 Å². The van der Waals surface area contributed by atoms with Gasteiger partial charge in [0.1, 0.15) is 12.1 Å². The van der Waals surface area contributed by atoms with E-state index < -0.39 is 11.6 Å². The van der Waals surface area contributed by atoms with Crippen LogP contribution in [0.3, 0.4) is 0 Å². The number of imide groups is 1. The minimum Gasteiger partial charge on any atom is -0.382 e. The van der Waals surface area contributed by atoms with Gasteiger partial charge in [-0.1, -0.05) is 29.4 Å². The fourth-order valence-corrected chi connectivity index (χ4v) is 2.66. The Morgan fingerprint density at radius 3 is 2.79 bits per heavy atom. The number of hydrogen-bond donors (Lipinski definition) is 1. The summed E-state index contributed by atoms with van der Waals surface area (Å²) in [6.07, 6.45) is 0. The molecule has 1 atom stereocenters. The van der Waals surface area contributed by atoms with Gasteiger partial charge in [0.05, 0.1) is 6.61 Å². The van der Waals surface area contributed by atoms with Crippen LogP contribution >= 0.6 is 0 Å². The number of ether oxygens (including phenoxy) is 1. The molecule has 1 unspecified atom stereocenters. The standard InChI is InChI=1S/C16H18N4O4/c1-10-6-4-5-7-11(10)13-17-12(24-19-13)8-20-14(21)16(2,9-23-3)18-15(20)22/h4-7H,8-9H2,1-3H3,(H,18,22). The largest absolute Gasteiger partial charge is 0.382 e. The highest BCUT2D eigenvalue weighted by Gasteiger charge is 2.48. The molecule has 1 fully saturated rings. The van der Waals surface area contributed by atoms with Gasteiger partial charge in [-0.3, -0.25) is 9.69 Å². The fraction of sp³-hybridized carbons (Fsp3) is 0.375. The van der Waals surface area contributed by atoms with Crippen molar-refractivity contribution in [1.29, 1.82) is 0 Å². The molecule has 1 saturated heterocycles. The van der Waals surface area contributed by atoms with E-state index in [0.29, 0.717) is 5.82 Å². The van der Waals surface area contributed by atoms with Crippen molar-refractivity contribution >= 4 is 11.9 Å². The first kappa shape index (κ1) is 16.1. The zero-order chi connectivity index (χ0) is 17.3. The van der Waals surface area contributed by atoms with Crippen LogP contribution < -0.4 is 5.32 Å². The molecule has 0 spiro atoms. The van der Waals surface area contributed by atoms with E-state index >= 15 is 0 Å². The van der Waals surface area contributed by atoms with Crippen molar-refractivity contribution in [3.8, 4) is 11.4 Å². The molecule has 0 radical (unpaired) electrons. The van der Waals surface area contributed by atoms with Crippen LogP contribution in [0.15, 0.2) is 28.8 Å². The molecule has 1 aromatic heterocycles. The zero-order valence-corrected chi connectivity index (χ0v) is 13.7. The summed E-state index contributed by atoms with van der Waals surface area (Å²) in [6.45, 7) is 3.57. The van der Waals surface area contributed by atoms with Gasteiger partial charge < -0.3 is 14.6 Å². The monoisotopic (exact) mass is 330 g/mol. The molecule has 8 nitrogen and oxygen atoms in total. The highest BCUT2D eigenvalue weighted by atomic mass is 16.5. The Morgan fingerprint density at radius 2 is 2.08 bits per heavy atom. The van der Waals surface area contributed by atoms with Gasteiger partial charge in [0.25, 0.3) is 5.91 Å². The number of nitrogens with one attached hydrogen (secondary N) is 1. The summed E-state index contributed by atoms with van der Waals surface area (Å²) >= 11 is 0. The van der Waals surface area contributed by atoms with Gasteiger partial charge in [-0.25, -0.2) is 4.79 Å². The Kier molecular flexibility index (Phi) is 4.06. The van der Waals surface area contributed by atoms with E-state index in [0.717, 1.165) is 16.0 Å². The van der Waals surface area contributed by atoms with Crippen molar-refractivity contribution < 1.29 is 18.8 Å². The molecule has 3 amide bonds. The van der Waals surface area contributed by atoms with E-state index in [9.17, 15) is 9.59 Å². The molecular formula is C16H18N4O4. The van der Waals surface area contributed by atoms with Gasteiger partial charge in [-0.05, 0) is 19.4 Å². The lowest BCUT2D eigenvalue weighted by molar-refractivity contribution is -0.133. The quantitative estimate of drug-likeness (QED) is 0.834. The smallest absolute Gasteiger partial charge is 0.325 e. The Morgan fingerprint density at radius 1 is 1.33 bits per heavy atom. The minimum atomic E-state index is -1.08. The first-order valence-corrected chi connectivity index (χ1v) is 7.46. The van der Waals surface area contributed by atoms with Crippen LogP contribution in [0.2, 0.25) is 0 Å². The molecule has 24 heavy (non-hydrogen) atoms. The maximum absolute atomic E-state index is 12.4. The fourth-order valence-electron chi connectivity index (χ4n) is 2.66. The normalized spacial score (nSPS) is 20.5. The number of urea groups is 1. The molecule has 1 N–H and O–H groups in total. The van der Waals surface area contributed by atoms with Gasteiger partial charge in [-0.2, -0.15) is 4.98 Å². The highest BCUT2D eigenvalue weighted by molar-refractivity contribution is 6.06. The van der Waals surface area contributed by atoms with Crippen molar-refractivity contribution in [2.45, 2.75) is 25.9 Å². The number of benzene rings is 1. The molecule has 0 saturated carbocycles. The predicted octanol–water partition coefficient (Wildman–Crippen LogP) is 1.50. The maximum Gasteiger partial charge on any atom is 0.325 e. The molecule has 8 heteroatoms. The van der Waals surface area contributed by atoms with Crippen molar-refractivity contribution in [3.05, 3.63) is 35.7 Å². The van der Waals surface area contributed by atoms with Gasteiger partial charge in [0.15, 0.2) is 0 Å². The maximum atomic E-state index is 12.4. The van der Waals surface area contributed by atoms with E-state index in [1.165, 1.54) is 7.11 Å². The second-order valence-electron chi connectivity index (χ2n) is 5.91. The second kappa shape index (κ2) is 6.04. The second-order valence-corrected chi connectivity index (χ2v) is 5.91. The van der Waals surface area contributed by atoms with Crippen LogP contribution in [-0.2, 0) is 16.1 Å². The summed E-state index contributed by atoms with van der Waals surface area (Å²) in [6, 6.07) is 7.12. The molecule has 2 aromatic rings. The summed E-state index contributed by atoms with van der Waals surface area (Å²) in [7, 11) is 1.47. The van der Waals surface area contributed by atoms with E-state index in [4.69, 9.17) is 9.26 Å². The van der Waals surface area contributed by atoms with Crippen LogP contribution in [0.1, 0.15) is 18.4 Å². The average molecular weight is 330 g/mol. The number of amides is 3. The van der Waals surface area contributed by atoms with Crippen molar-refractivity contribution in [2.75, 3.05) is 13.7 Å². The summed E-state index contributed by atoms with van der Waals surface area (Å²) < 4.78 is 10.2. The lowest BCUT2D eigenvalue weighted by Gasteiger charge is -2.19. The highest BCUT2D eigenvalue weighted by Crippen LogP contribution is 2.23. The molecule has 1 aliphatic rings. The van der Waals surface area contributed by atoms with Gasteiger partial charge in [0.2, 0.25) is 11.7 Å². The summed E-state index contributed by atoms with van der Waals surface area (Å²) in [5.74, 6) is 0.234. The first-order valence-electron chi connectivity index (χ1n) is 7.46. The Balaban J connectivity index is 1.79. The third-order valence-electron chi connectivity index (χ3n) is 3.93. The Hall–Kier alpha value is -2.74. The summed E-state index contributed by atoms with van der Waals surface area (Å²) in [5.41, 5.74) is 0.770. The number of aryl methyl sites for hydroxylation is 1. The SMILES string of the molecule is COCC1(C)NC(=O)N(Cc2nc(-c3ccccc3C)no2)C1=O. The topological polar surface area (TPSA) is 97.6 Å². The van der Waals surface area contributed by atoms with Crippen LogP contribution in [-0.4, -0.2) is 46.2 Å². The summed E-state index contributed by atoms with van der Waals surface area (Å²) in [5, 5.41) is 6.55. The molecular weight excluding hydrogens is 312 g/mol. The molecule has 2 heterocycles. The van der Waals surface area contributed by atoms with E-state index in [-0.39, 0.29) is 24.9 Å². The number of carbonyl (C=O) groups excluding carboxylic acids is 2. The lowest BCUT2D eigenvalue weighted by atomic mass is 10.0. The van der Waals surface area contributed by atoms with E-state index in [1.54, 1.807) is 6.92 Å². The van der Waals surface area contributed by atoms with Crippen LogP contribution in [0.25, 0.3) is 11.4 Å². The zero-order valence-electron chi connectivity index (χ0n) is 13.7. The third-order valence-corrected chi connectivity index (χ3v) is 3.93. The molecule has 0 aliphatic carbocycles. The van der Waals surface area contributed by atoms with Crippen LogP contribution in [0, 0.1) is 6.92 Å². The van der Waals surface area contributed by atoms with Gasteiger partial charge >= 0.3 is 6.03 Å². The number of nitrogens with zero attached hydrogens (tertiary/aromatic N) is 3. The molecule has 126 valence electrons. The Labute approximate surface area is 138 Å². The number of aromatic nitrogens is 2. The summed E-state index contributed by atoms with van der Waals surface area (Å²) in [4.78, 5) is 29.8. The van der Waals surface area contributed by atoms with Crippen molar-refractivity contribution in [2.24, 2.45) is 0 Å². The number of rotatable bonds is 5.